The van der Waals surface area contributed by atoms with Crippen LogP contribution < -0.4 is 4.90 Å². The van der Waals surface area contributed by atoms with Crippen LogP contribution in [0, 0.1) is 21.4 Å². The Hall–Kier alpha value is -4.29. The van der Waals surface area contributed by atoms with Crippen LogP contribution in [0.2, 0.25) is 0 Å². The molecule has 0 spiro atoms. The van der Waals surface area contributed by atoms with Gasteiger partial charge in [0.05, 0.1) is 22.1 Å². The van der Waals surface area contributed by atoms with E-state index in [0.29, 0.717) is 16.1 Å². The van der Waals surface area contributed by atoms with Crippen molar-refractivity contribution in [2.24, 2.45) is 0 Å². The lowest BCUT2D eigenvalue weighted by Crippen LogP contribution is -2.29. The van der Waals surface area contributed by atoms with Crippen LogP contribution in [0.4, 0.5) is 11.4 Å². The van der Waals surface area contributed by atoms with Crippen LogP contribution in [0.15, 0.2) is 71.6 Å². The fraction of sp³-hybridized carbons (Fsp3) is 0.0455. The van der Waals surface area contributed by atoms with Crippen LogP contribution in [-0.4, -0.2) is 21.7 Å². The third kappa shape index (κ3) is 3.45. The van der Waals surface area contributed by atoms with E-state index < -0.39 is 28.4 Å². The van der Waals surface area contributed by atoms with E-state index >= 15 is 0 Å². The number of aliphatic hydroxyl groups excluding tert-OH is 1. The zero-order valence-corrected chi connectivity index (χ0v) is 16.6. The van der Waals surface area contributed by atoms with Crippen LogP contribution in [0.3, 0.4) is 0 Å². The second kappa shape index (κ2) is 7.85. The Morgan fingerprint density at radius 3 is 2.48 bits per heavy atom. The number of ketones is 1. The summed E-state index contributed by atoms with van der Waals surface area (Å²) in [5, 5.41) is 32.9. The summed E-state index contributed by atoms with van der Waals surface area (Å²) in [6, 6.07) is 16.0. The van der Waals surface area contributed by atoms with Crippen LogP contribution >= 0.6 is 11.3 Å². The predicted molar refractivity (Wildman–Crippen MR) is 113 cm³/mol. The molecule has 1 N–H and O–H groups in total. The Balaban J connectivity index is 1.91. The molecule has 0 aliphatic carbocycles. The van der Waals surface area contributed by atoms with E-state index in [1.807, 2.05) is 6.07 Å². The highest BCUT2D eigenvalue weighted by Crippen LogP contribution is 2.43. The maximum absolute atomic E-state index is 13.0. The van der Waals surface area contributed by atoms with Gasteiger partial charge in [-0.25, -0.2) is 0 Å². The number of thiophene rings is 1. The molecule has 4 rings (SSSR count). The van der Waals surface area contributed by atoms with Gasteiger partial charge in [-0.2, -0.15) is 5.26 Å². The Kier molecular flexibility index (Phi) is 5.07. The average Bonchev–Trinajstić information content (AvgIpc) is 3.40. The van der Waals surface area contributed by atoms with Gasteiger partial charge in [-0.15, -0.1) is 11.3 Å². The van der Waals surface area contributed by atoms with Crippen molar-refractivity contribution in [3.8, 4) is 6.07 Å². The standard InChI is InChI=1S/C22H13N3O5S/c23-12-13-6-8-15(9-7-13)24-19(17-5-2-10-31-17)18(21(27)22(24)28)20(26)14-3-1-4-16(11-14)25(29)30/h1-11,19,26H/b20-18-. The van der Waals surface area contributed by atoms with Crippen molar-refractivity contribution in [3.63, 3.8) is 0 Å². The summed E-state index contributed by atoms with van der Waals surface area (Å²) in [7, 11) is 0. The number of anilines is 1. The SMILES string of the molecule is N#Cc1ccc(N2C(=O)C(=O)/C(=C(\O)c3cccc([N+](=O)[O-])c3)C2c2cccs2)cc1. The summed E-state index contributed by atoms with van der Waals surface area (Å²) >= 11 is 1.30. The van der Waals surface area contributed by atoms with Gasteiger partial charge < -0.3 is 5.11 Å². The molecule has 1 unspecified atom stereocenters. The van der Waals surface area contributed by atoms with Gasteiger partial charge in [-0.3, -0.25) is 24.6 Å². The summed E-state index contributed by atoms with van der Waals surface area (Å²) in [6.07, 6.45) is 0. The van der Waals surface area contributed by atoms with Crippen molar-refractivity contribution in [2.75, 3.05) is 4.90 Å². The second-order valence-corrected chi connectivity index (χ2v) is 7.63. The zero-order chi connectivity index (χ0) is 22.1. The van der Waals surface area contributed by atoms with Crippen molar-refractivity contribution in [2.45, 2.75) is 6.04 Å². The first-order valence-electron chi connectivity index (χ1n) is 9.01. The maximum atomic E-state index is 13.0. The van der Waals surface area contributed by atoms with E-state index in [0.717, 1.165) is 6.07 Å². The number of nitriles is 1. The Bertz CT molecular complexity index is 1270. The minimum atomic E-state index is -0.910. The van der Waals surface area contributed by atoms with E-state index in [-0.39, 0.29) is 16.8 Å². The highest BCUT2D eigenvalue weighted by molar-refractivity contribution is 7.10. The largest absolute Gasteiger partial charge is 0.507 e. The van der Waals surface area contributed by atoms with Crippen molar-refractivity contribution >= 4 is 40.2 Å². The molecule has 1 aliphatic heterocycles. The first-order valence-corrected chi connectivity index (χ1v) is 9.89. The number of benzene rings is 2. The molecule has 8 nitrogen and oxygen atoms in total. The van der Waals surface area contributed by atoms with E-state index in [1.54, 1.807) is 29.6 Å². The summed E-state index contributed by atoms with van der Waals surface area (Å²) in [6.45, 7) is 0. The molecule has 1 fully saturated rings. The van der Waals surface area contributed by atoms with Gasteiger partial charge in [0.15, 0.2) is 0 Å². The molecule has 1 amide bonds. The average molecular weight is 431 g/mol. The molecule has 31 heavy (non-hydrogen) atoms. The molecule has 0 radical (unpaired) electrons. The number of non-ortho nitro benzene ring substituents is 1. The number of carbonyl (C=O) groups excluding carboxylic acids is 2. The number of Topliss-reactive ketones (excluding diaryl/α,β-unsaturated/α-hetero) is 1. The molecule has 1 aromatic heterocycles. The van der Waals surface area contributed by atoms with Crippen molar-refractivity contribution in [1.82, 2.24) is 0 Å². The number of rotatable bonds is 4. The molecule has 2 aromatic carbocycles. The van der Waals surface area contributed by atoms with Gasteiger partial charge >= 0.3 is 0 Å². The third-order valence-electron chi connectivity index (χ3n) is 4.86. The van der Waals surface area contributed by atoms with Gasteiger partial charge in [0.1, 0.15) is 11.8 Å². The Morgan fingerprint density at radius 1 is 1.13 bits per heavy atom. The number of aliphatic hydroxyl groups is 1. The van der Waals surface area contributed by atoms with Crippen molar-refractivity contribution in [3.05, 3.63) is 97.7 Å². The molecule has 1 saturated heterocycles. The monoisotopic (exact) mass is 431 g/mol. The Morgan fingerprint density at radius 2 is 1.87 bits per heavy atom. The van der Waals surface area contributed by atoms with Crippen molar-refractivity contribution < 1.29 is 19.6 Å². The van der Waals surface area contributed by atoms with Gasteiger partial charge in [0.25, 0.3) is 17.4 Å². The van der Waals surface area contributed by atoms with Gasteiger partial charge in [0, 0.05) is 28.3 Å². The summed E-state index contributed by atoms with van der Waals surface area (Å²) < 4.78 is 0. The van der Waals surface area contributed by atoms with Crippen LogP contribution in [0.1, 0.15) is 22.0 Å². The normalized spacial score (nSPS) is 17.5. The zero-order valence-electron chi connectivity index (χ0n) is 15.8. The summed E-state index contributed by atoms with van der Waals surface area (Å²) in [5.74, 6) is -2.22. The number of hydrogen-bond donors (Lipinski definition) is 1. The number of hydrogen-bond acceptors (Lipinski definition) is 7. The molecule has 152 valence electrons. The lowest BCUT2D eigenvalue weighted by molar-refractivity contribution is -0.384. The van der Waals surface area contributed by atoms with Crippen LogP contribution in [-0.2, 0) is 9.59 Å². The topological polar surface area (TPSA) is 125 Å². The summed E-state index contributed by atoms with van der Waals surface area (Å²) in [4.78, 5) is 38.3. The molecule has 1 atom stereocenters. The fourth-order valence-electron chi connectivity index (χ4n) is 3.43. The molecule has 2 heterocycles. The molecule has 0 saturated carbocycles. The van der Waals surface area contributed by atoms with E-state index in [4.69, 9.17) is 5.26 Å². The fourth-order valence-corrected chi connectivity index (χ4v) is 4.26. The van der Waals surface area contributed by atoms with Crippen molar-refractivity contribution in [1.29, 1.82) is 5.26 Å². The van der Waals surface area contributed by atoms with E-state index in [9.17, 15) is 24.8 Å². The first-order chi connectivity index (χ1) is 14.9. The molecule has 1 aliphatic rings. The van der Waals surface area contributed by atoms with E-state index in [1.165, 1.54) is 46.6 Å². The Labute approximate surface area is 180 Å². The predicted octanol–water partition coefficient (Wildman–Crippen LogP) is 4.15. The van der Waals surface area contributed by atoms with Gasteiger partial charge in [-0.1, -0.05) is 18.2 Å². The number of nitrogens with zero attached hydrogens (tertiary/aromatic N) is 3. The van der Waals surface area contributed by atoms with E-state index in [2.05, 4.69) is 0 Å². The minimum absolute atomic E-state index is 0.0635. The van der Waals surface area contributed by atoms with Crippen LogP contribution in [0.5, 0.6) is 0 Å². The molecule has 9 heteroatoms. The first kappa shape index (κ1) is 20.0. The molecular formula is C22H13N3O5S. The lowest BCUT2D eigenvalue weighted by Gasteiger charge is -2.24. The number of nitro benzene ring substituents is 1. The third-order valence-corrected chi connectivity index (χ3v) is 5.79. The smallest absolute Gasteiger partial charge is 0.300 e. The van der Waals surface area contributed by atoms with Gasteiger partial charge in [-0.05, 0) is 35.7 Å². The molecule has 3 aromatic rings. The number of nitro groups is 1. The van der Waals surface area contributed by atoms with Crippen LogP contribution in [0.25, 0.3) is 5.76 Å². The highest BCUT2D eigenvalue weighted by Gasteiger charge is 2.47. The lowest BCUT2D eigenvalue weighted by atomic mass is 9.99. The number of amides is 1. The maximum Gasteiger partial charge on any atom is 0.300 e. The quantitative estimate of drug-likeness (QED) is 0.217. The molecular weight excluding hydrogens is 418 g/mol. The highest BCUT2D eigenvalue weighted by atomic mass is 32.1. The summed E-state index contributed by atoms with van der Waals surface area (Å²) in [5.41, 5.74) is 0.436. The van der Waals surface area contributed by atoms with Gasteiger partial charge in [0.2, 0.25) is 0 Å². The second-order valence-electron chi connectivity index (χ2n) is 6.65. The minimum Gasteiger partial charge on any atom is -0.507 e. The molecule has 0 bridgehead atoms. The number of carbonyl (C=O) groups is 2.